The Balaban J connectivity index is 1.41. The minimum absolute atomic E-state index is 0.193. The second-order valence-electron chi connectivity index (χ2n) is 5.87. The molecule has 2 heterocycles. The summed E-state index contributed by atoms with van der Waals surface area (Å²) in [6.45, 7) is 4.68. The van der Waals surface area contributed by atoms with Crippen LogP contribution in [0.2, 0.25) is 0 Å². The van der Waals surface area contributed by atoms with Gasteiger partial charge in [0.05, 0.1) is 5.25 Å². The number of rotatable bonds is 4. The van der Waals surface area contributed by atoms with Gasteiger partial charge in [-0.3, -0.25) is 9.69 Å². The summed E-state index contributed by atoms with van der Waals surface area (Å²) in [7, 11) is 0. The van der Waals surface area contributed by atoms with Crippen LogP contribution in [0.4, 0.5) is 0 Å². The van der Waals surface area contributed by atoms with Crippen LogP contribution in [0.5, 0.6) is 0 Å². The molecule has 0 spiro atoms. The molecule has 124 valence electrons. The summed E-state index contributed by atoms with van der Waals surface area (Å²) in [5.74, 6) is 3.66. The van der Waals surface area contributed by atoms with Gasteiger partial charge >= 0.3 is 0 Å². The van der Waals surface area contributed by atoms with E-state index in [0.717, 1.165) is 44.2 Å². The Bertz CT molecular complexity index is 521. The van der Waals surface area contributed by atoms with Gasteiger partial charge in [0.15, 0.2) is 0 Å². The van der Waals surface area contributed by atoms with Gasteiger partial charge in [0.25, 0.3) is 0 Å². The molecule has 0 bridgehead atoms. The zero-order chi connectivity index (χ0) is 15.9. The molecule has 3 rings (SSSR count). The van der Waals surface area contributed by atoms with Crippen LogP contribution in [0.1, 0.15) is 5.56 Å². The highest BCUT2D eigenvalue weighted by Gasteiger charge is 2.28. The second kappa shape index (κ2) is 8.81. The first-order chi connectivity index (χ1) is 11.3. The molecule has 1 aromatic carbocycles. The van der Waals surface area contributed by atoms with Crippen molar-refractivity contribution >= 4 is 35.5 Å². The highest BCUT2D eigenvalue weighted by atomic mass is 32.2. The van der Waals surface area contributed by atoms with Crippen molar-refractivity contribution in [1.29, 1.82) is 0 Å². The quantitative estimate of drug-likeness (QED) is 0.835. The van der Waals surface area contributed by atoms with Gasteiger partial charge in [-0.15, -0.1) is 11.8 Å². The van der Waals surface area contributed by atoms with Crippen molar-refractivity contribution in [2.45, 2.75) is 5.25 Å². The Hall–Kier alpha value is -0.910. The number of piperazine rings is 1. The zero-order valence-electron chi connectivity index (χ0n) is 13.4. The number of carbonyl (C=O) groups excluding carboxylic acids is 1. The monoisotopic (exact) mass is 348 g/mol. The zero-order valence-corrected chi connectivity index (χ0v) is 15.0. The molecular weight excluding hydrogens is 324 g/mol. The minimum Gasteiger partial charge on any atom is -0.339 e. The van der Waals surface area contributed by atoms with Crippen LogP contribution in [-0.2, 0) is 4.79 Å². The molecule has 23 heavy (non-hydrogen) atoms. The van der Waals surface area contributed by atoms with Gasteiger partial charge in [-0.05, 0) is 5.56 Å². The molecule has 1 atom stereocenters. The highest BCUT2D eigenvalue weighted by molar-refractivity contribution is 8.07. The summed E-state index contributed by atoms with van der Waals surface area (Å²) in [4.78, 5) is 17.0. The topological polar surface area (TPSA) is 23.6 Å². The molecule has 2 aliphatic rings. The van der Waals surface area contributed by atoms with E-state index in [4.69, 9.17) is 0 Å². The number of nitrogens with zero attached hydrogens (tertiary/aromatic N) is 2. The van der Waals surface area contributed by atoms with Gasteiger partial charge in [-0.1, -0.05) is 42.5 Å². The summed E-state index contributed by atoms with van der Waals surface area (Å²) < 4.78 is 0. The van der Waals surface area contributed by atoms with Gasteiger partial charge < -0.3 is 4.90 Å². The first-order valence-corrected chi connectivity index (χ1v) is 10.5. The lowest BCUT2D eigenvalue weighted by Crippen LogP contribution is -2.51. The van der Waals surface area contributed by atoms with E-state index >= 15 is 0 Å². The van der Waals surface area contributed by atoms with E-state index in [-0.39, 0.29) is 5.25 Å². The van der Waals surface area contributed by atoms with E-state index in [1.165, 1.54) is 11.3 Å². The maximum atomic E-state index is 12.5. The molecule has 1 aromatic rings. The molecule has 0 aliphatic carbocycles. The molecule has 2 fully saturated rings. The van der Waals surface area contributed by atoms with Crippen molar-refractivity contribution in [3.63, 3.8) is 0 Å². The van der Waals surface area contributed by atoms with E-state index in [2.05, 4.69) is 46.2 Å². The Kier molecular flexibility index (Phi) is 6.48. The number of benzene rings is 1. The van der Waals surface area contributed by atoms with E-state index < -0.39 is 0 Å². The summed E-state index contributed by atoms with van der Waals surface area (Å²) >= 11 is 3.76. The van der Waals surface area contributed by atoms with Crippen molar-refractivity contribution in [2.24, 2.45) is 0 Å². The average molecular weight is 349 g/mol. The molecule has 1 unspecified atom stereocenters. The molecule has 2 aliphatic heterocycles. The maximum Gasteiger partial charge on any atom is 0.236 e. The lowest BCUT2D eigenvalue weighted by Gasteiger charge is -2.36. The third-order valence-corrected chi connectivity index (χ3v) is 6.99. The van der Waals surface area contributed by atoms with Crippen LogP contribution >= 0.6 is 23.5 Å². The summed E-state index contributed by atoms with van der Waals surface area (Å²) in [6, 6.07) is 10.4. The molecule has 0 radical (unpaired) electrons. The highest BCUT2D eigenvalue weighted by Crippen LogP contribution is 2.25. The van der Waals surface area contributed by atoms with Crippen LogP contribution in [-0.4, -0.2) is 70.9 Å². The van der Waals surface area contributed by atoms with E-state index in [0.29, 0.717) is 5.91 Å². The summed E-state index contributed by atoms with van der Waals surface area (Å²) in [6.07, 6.45) is 4.40. The molecule has 3 nitrogen and oxygen atoms in total. The molecule has 0 aromatic heterocycles. The largest absolute Gasteiger partial charge is 0.339 e. The van der Waals surface area contributed by atoms with Crippen LogP contribution in [0, 0.1) is 0 Å². The van der Waals surface area contributed by atoms with Gasteiger partial charge in [0.1, 0.15) is 0 Å². The minimum atomic E-state index is 0.193. The molecule has 2 saturated heterocycles. The molecule has 5 heteroatoms. The Morgan fingerprint density at radius 2 is 1.91 bits per heavy atom. The van der Waals surface area contributed by atoms with Crippen molar-refractivity contribution in [1.82, 2.24) is 9.80 Å². The molecule has 0 N–H and O–H groups in total. The van der Waals surface area contributed by atoms with E-state index in [1.807, 2.05) is 29.6 Å². The average Bonchev–Trinajstić information content (AvgIpc) is 2.63. The first kappa shape index (κ1) is 16.9. The Labute approximate surface area is 147 Å². The fourth-order valence-electron chi connectivity index (χ4n) is 2.89. The van der Waals surface area contributed by atoms with Crippen LogP contribution in [0.15, 0.2) is 36.4 Å². The van der Waals surface area contributed by atoms with Crippen LogP contribution < -0.4 is 0 Å². The number of hydrogen-bond donors (Lipinski definition) is 0. The molecular formula is C18H24N2OS2. The fraction of sp³-hybridized carbons (Fsp3) is 0.500. The summed E-state index contributed by atoms with van der Waals surface area (Å²) in [5, 5.41) is 0.193. The second-order valence-corrected chi connectivity index (χ2v) is 8.33. The van der Waals surface area contributed by atoms with Gasteiger partial charge in [0, 0.05) is 50.0 Å². The van der Waals surface area contributed by atoms with Gasteiger partial charge in [-0.25, -0.2) is 0 Å². The predicted molar refractivity (Wildman–Crippen MR) is 102 cm³/mol. The fourth-order valence-corrected chi connectivity index (χ4v) is 5.52. The van der Waals surface area contributed by atoms with Gasteiger partial charge in [-0.2, -0.15) is 11.8 Å². The third kappa shape index (κ3) is 5.03. The van der Waals surface area contributed by atoms with E-state index in [1.54, 1.807) is 0 Å². The van der Waals surface area contributed by atoms with Crippen molar-refractivity contribution in [2.75, 3.05) is 50.0 Å². The van der Waals surface area contributed by atoms with Crippen molar-refractivity contribution < 1.29 is 4.79 Å². The van der Waals surface area contributed by atoms with Crippen molar-refractivity contribution in [3.05, 3.63) is 42.0 Å². The lowest BCUT2D eigenvalue weighted by molar-refractivity contribution is -0.131. The summed E-state index contributed by atoms with van der Waals surface area (Å²) in [5.41, 5.74) is 1.24. The molecule has 0 saturated carbocycles. The normalized spacial score (nSPS) is 23.3. The van der Waals surface area contributed by atoms with Crippen LogP contribution in [0.25, 0.3) is 6.08 Å². The SMILES string of the molecule is O=C(C1CSCCS1)N1CCN(C/C=C/c2ccccc2)CC1. The number of amides is 1. The van der Waals surface area contributed by atoms with E-state index in [9.17, 15) is 4.79 Å². The smallest absolute Gasteiger partial charge is 0.236 e. The first-order valence-electron chi connectivity index (χ1n) is 8.25. The number of thioether (sulfide) groups is 2. The third-order valence-electron chi connectivity index (χ3n) is 4.25. The van der Waals surface area contributed by atoms with Gasteiger partial charge in [0.2, 0.25) is 5.91 Å². The maximum absolute atomic E-state index is 12.5. The Morgan fingerprint density at radius 1 is 1.13 bits per heavy atom. The number of hydrogen-bond acceptors (Lipinski definition) is 4. The molecule has 1 amide bonds. The predicted octanol–water partition coefficient (Wildman–Crippen LogP) is 2.69. The van der Waals surface area contributed by atoms with Crippen molar-refractivity contribution in [3.8, 4) is 0 Å². The standard InChI is InChI=1S/C18H24N2OS2/c21-18(17-15-22-13-14-23-17)20-11-9-19(10-12-20)8-4-7-16-5-2-1-3-6-16/h1-7,17H,8-15H2/b7-4+. The Morgan fingerprint density at radius 3 is 2.61 bits per heavy atom. The lowest BCUT2D eigenvalue weighted by atomic mass is 10.2. The van der Waals surface area contributed by atoms with Crippen LogP contribution in [0.3, 0.4) is 0 Å². The number of carbonyl (C=O) groups is 1.